The van der Waals surface area contributed by atoms with Crippen LogP contribution in [0.1, 0.15) is 28.3 Å². The molecule has 5 heteroatoms. The lowest BCUT2D eigenvalue weighted by Gasteiger charge is -2.16. The smallest absolute Gasteiger partial charge is 0.138 e. The molecule has 0 aliphatic carbocycles. The van der Waals surface area contributed by atoms with Crippen LogP contribution in [0.25, 0.3) is 0 Å². The SMILES string of the molecule is CCc1ccc(C(N)c2cc(Cl)cc(Br)c2OC)s1. The van der Waals surface area contributed by atoms with Crippen molar-refractivity contribution in [1.29, 1.82) is 0 Å². The zero-order valence-electron chi connectivity index (χ0n) is 10.7. The van der Waals surface area contributed by atoms with Crippen LogP contribution in [0.2, 0.25) is 5.02 Å². The Bertz CT molecular complexity index is 585. The van der Waals surface area contributed by atoms with Gasteiger partial charge in [-0.15, -0.1) is 11.3 Å². The number of ether oxygens (including phenoxy) is 1. The fraction of sp³-hybridized carbons (Fsp3) is 0.286. The molecule has 2 rings (SSSR count). The monoisotopic (exact) mass is 359 g/mol. The largest absolute Gasteiger partial charge is 0.495 e. The Morgan fingerprint density at radius 3 is 2.74 bits per heavy atom. The highest BCUT2D eigenvalue weighted by molar-refractivity contribution is 9.10. The van der Waals surface area contributed by atoms with Crippen molar-refractivity contribution in [3.8, 4) is 5.75 Å². The van der Waals surface area contributed by atoms with Gasteiger partial charge in [-0.25, -0.2) is 0 Å². The van der Waals surface area contributed by atoms with Gasteiger partial charge in [-0.05, 0) is 46.6 Å². The highest BCUT2D eigenvalue weighted by Crippen LogP contribution is 2.38. The van der Waals surface area contributed by atoms with E-state index in [1.165, 1.54) is 4.88 Å². The second-order valence-electron chi connectivity index (χ2n) is 4.15. The molecule has 0 saturated heterocycles. The van der Waals surface area contributed by atoms with Crippen molar-refractivity contribution < 1.29 is 4.74 Å². The summed E-state index contributed by atoms with van der Waals surface area (Å²) < 4.78 is 6.25. The minimum absolute atomic E-state index is 0.227. The molecule has 0 bridgehead atoms. The number of aryl methyl sites for hydroxylation is 1. The normalized spacial score (nSPS) is 12.5. The molecular weight excluding hydrogens is 346 g/mol. The molecule has 19 heavy (non-hydrogen) atoms. The third-order valence-corrected chi connectivity index (χ3v) is 5.03. The first kappa shape index (κ1) is 14.9. The molecule has 0 saturated carbocycles. The van der Waals surface area contributed by atoms with E-state index in [1.807, 2.05) is 12.1 Å². The summed E-state index contributed by atoms with van der Waals surface area (Å²) in [6.07, 6.45) is 1.02. The molecule has 102 valence electrons. The van der Waals surface area contributed by atoms with Gasteiger partial charge in [0.05, 0.1) is 17.6 Å². The Kier molecular flexibility index (Phi) is 4.90. The molecule has 0 amide bonds. The third kappa shape index (κ3) is 3.14. The summed E-state index contributed by atoms with van der Waals surface area (Å²) in [6, 6.07) is 7.63. The molecular formula is C14H15BrClNOS. The van der Waals surface area contributed by atoms with E-state index in [0.29, 0.717) is 5.02 Å². The van der Waals surface area contributed by atoms with E-state index in [1.54, 1.807) is 18.4 Å². The average Bonchev–Trinajstić information content (AvgIpc) is 2.85. The Hall–Kier alpha value is -0.550. The quantitative estimate of drug-likeness (QED) is 0.851. The zero-order valence-corrected chi connectivity index (χ0v) is 13.9. The molecule has 1 heterocycles. The van der Waals surface area contributed by atoms with Crippen LogP contribution in [-0.4, -0.2) is 7.11 Å². The minimum Gasteiger partial charge on any atom is -0.495 e. The highest BCUT2D eigenvalue weighted by atomic mass is 79.9. The van der Waals surface area contributed by atoms with E-state index < -0.39 is 0 Å². The summed E-state index contributed by atoms with van der Waals surface area (Å²) in [4.78, 5) is 2.44. The van der Waals surface area contributed by atoms with Crippen molar-refractivity contribution >= 4 is 38.9 Å². The molecule has 2 N–H and O–H groups in total. The van der Waals surface area contributed by atoms with E-state index in [-0.39, 0.29) is 6.04 Å². The van der Waals surface area contributed by atoms with Crippen molar-refractivity contribution in [3.05, 3.63) is 49.1 Å². The Morgan fingerprint density at radius 2 is 2.16 bits per heavy atom. The van der Waals surface area contributed by atoms with Crippen LogP contribution in [-0.2, 0) is 6.42 Å². The minimum atomic E-state index is -0.227. The van der Waals surface area contributed by atoms with Gasteiger partial charge < -0.3 is 10.5 Å². The van der Waals surface area contributed by atoms with E-state index in [9.17, 15) is 0 Å². The van der Waals surface area contributed by atoms with Gasteiger partial charge in [-0.3, -0.25) is 0 Å². The number of thiophene rings is 1. The lowest BCUT2D eigenvalue weighted by molar-refractivity contribution is 0.405. The van der Waals surface area contributed by atoms with Crippen molar-refractivity contribution in [2.45, 2.75) is 19.4 Å². The van der Waals surface area contributed by atoms with Crippen LogP contribution in [0.15, 0.2) is 28.7 Å². The first-order valence-corrected chi connectivity index (χ1v) is 7.92. The number of benzene rings is 1. The molecule has 1 aromatic heterocycles. The van der Waals surface area contributed by atoms with Gasteiger partial charge in [-0.2, -0.15) is 0 Å². The summed E-state index contributed by atoms with van der Waals surface area (Å²) in [7, 11) is 1.64. The summed E-state index contributed by atoms with van der Waals surface area (Å²) in [6.45, 7) is 2.14. The number of halogens is 2. The van der Waals surface area contributed by atoms with Crippen molar-refractivity contribution in [2.75, 3.05) is 7.11 Å². The summed E-state index contributed by atoms with van der Waals surface area (Å²) >= 11 is 11.3. The molecule has 2 nitrogen and oxygen atoms in total. The summed E-state index contributed by atoms with van der Waals surface area (Å²) in [5.41, 5.74) is 7.24. The van der Waals surface area contributed by atoms with Crippen LogP contribution in [0.3, 0.4) is 0 Å². The van der Waals surface area contributed by atoms with E-state index >= 15 is 0 Å². The summed E-state index contributed by atoms with van der Waals surface area (Å²) in [5.74, 6) is 0.739. The standard InChI is InChI=1S/C14H15BrClNOS/c1-3-9-4-5-12(19-9)13(17)10-6-8(16)7-11(15)14(10)18-2/h4-7,13H,3,17H2,1-2H3. The van der Waals surface area contributed by atoms with Gasteiger partial charge in [0, 0.05) is 20.3 Å². The van der Waals surface area contributed by atoms with E-state index in [4.69, 9.17) is 22.1 Å². The topological polar surface area (TPSA) is 35.2 Å². The Balaban J connectivity index is 2.45. The van der Waals surface area contributed by atoms with Gasteiger partial charge in [0.15, 0.2) is 0 Å². The number of rotatable bonds is 4. The molecule has 1 atom stereocenters. The fourth-order valence-electron chi connectivity index (χ4n) is 1.93. The lowest BCUT2D eigenvalue weighted by Crippen LogP contribution is -2.12. The molecule has 1 aromatic carbocycles. The molecule has 0 spiro atoms. The number of hydrogen-bond acceptors (Lipinski definition) is 3. The highest BCUT2D eigenvalue weighted by Gasteiger charge is 2.18. The van der Waals surface area contributed by atoms with Crippen molar-refractivity contribution in [2.24, 2.45) is 5.73 Å². The van der Waals surface area contributed by atoms with Gasteiger partial charge in [0.1, 0.15) is 5.75 Å². The van der Waals surface area contributed by atoms with E-state index in [2.05, 4.69) is 35.0 Å². The first-order valence-electron chi connectivity index (χ1n) is 5.94. The van der Waals surface area contributed by atoms with Gasteiger partial charge in [-0.1, -0.05) is 18.5 Å². The molecule has 0 aliphatic rings. The predicted octanol–water partition coefficient (Wildman–Crippen LogP) is 4.78. The first-order chi connectivity index (χ1) is 9.06. The second kappa shape index (κ2) is 6.27. The van der Waals surface area contributed by atoms with Crippen LogP contribution in [0.5, 0.6) is 5.75 Å². The number of hydrogen-bond donors (Lipinski definition) is 1. The predicted molar refractivity (Wildman–Crippen MR) is 85.4 cm³/mol. The number of nitrogens with two attached hydrogens (primary N) is 1. The maximum atomic E-state index is 6.35. The maximum absolute atomic E-state index is 6.35. The maximum Gasteiger partial charge on any atom is 0.138 e. The van der Waals surface area contributed by atoms with Crippen molar-refractivity contribution in [3.63, 3.8) is 0 Å². The van der Waals surface area contributed by atoms with Crippen molar-refractivity contribution in [1.82, 2.24) is 0 Å². The van der Waals surface area contributed by atoms with Gasteiger partial charge in [0.2, 0.25) is 0 Å². The van der Waals surface area contributed by atoms with Crippen LogP contribution < -0.4 is 10.5 Å². The second-order valence-corrected chi connectivity index (χ2v) is 6.64. The molecule has 1 unspecified atom stereocenters. The molecule has 2 aromatic rings. The number of methoxy groups -OCH3 is 1. The van der Waals surface area contributed by atoms with Gasteiger partial charge in [0.25, 0.3) is 0 Å². The molecule has 0 aliphatic heterocycles. The zero-order chi connectivity index (χ0) is 14.0. The lowest BCUT2D eigenvalue weighted by atomic mass is 10.1. The van der Waals surface area contributed by atoms with Gasteiger partial charge >= 0.3 is 0 Å². The molecule has 0 fully saturated rings. The Morgan fingerprint density at radius 1 is 1.42 bits per heavy atom. The summed E-state index contributed by atoms with van der Waals surface area (Å²) in [5, 5.41) is 0.644. The average molecular weight is 361 g/mol. The molecule has 0 radical (unpaired) electrons. The van der Waals surface area contributed by atoms with Crippen LogP contribution >= 0.6 is 38.9 Å². The van der Waals surface area contributed by atoms with Crippen LogP contribution in [0, 0.1) is 0 Å². The Labute approximate surface area is 130 Å². The fourth-order valence-corrected chi connectivity index (χ4v) is 3.90. The van der Waals surface area contributed by atoms with E-state index in [0.717, 1.165) is 27.1 Å². The van der Waals surface area contributed by atoms with Crippen LogP contribution in [0.4, 0.5) is 0 Å². The third-order valence-electron chi connectivity index (χ3n) is 2.91.